The molecule has 7 nitrogen and oxygen atoms in total. The van der Waals surface area contributed by atoms with E-state index in [1.807, 2.05) is 30.3 Å². The molecule has 1 amide bonds. The van der Waals surface area contributed by atoms with Crippen LogP contribution in [-0.2, 0) is 10.0 Å². The number of aromatic nitrogens is 1. The Morgan fingerprint density at radius 3 is 2.48 bits per heavy atom. The number of amides is 1. The van der Waals surface area contributed by atoms with E-state index < -0.39 is 10.0 Å². The number of hydrogen-bond donors (Lipinski definition) is 3. The third-order valence-electron chi connectivity index (χ3n) is 4.27. The van der Waals surface area contributed by atoms with E-state index in [9.17, 15) is 13.2 Å². The van der Waals surface area contributed by atoms with Crippen molar-refractivity contribution in [2.24, 2.45) is 0 Å². The number of hydrazine groups is 1. The number of hydrogen-bond acceptors (Lipinski definition) is 5. The Kier molecular flexibility index (Phi) is 4.51. The maximum Gasteiger partial charge on any atom is 0.288 e. The van der Waals surface area contributed by atoms with Crippen molar-refractivity contribution in [3.05, 3.63) is 66.5 Å². The highest BCUT2D eigenvalue weighted by atomic mass is 32.2. The van der Waals surface area contributed by atoms with Gasteiger partial charge in [0, 0.05) is 17.6 Å². The lowest BCUT2D eigenvalue weighted by Crippen LogP contribution is -2.30. The summed E-state index contributed by atoms with van der Waals surface area (Å²) < 4.78 is 26.9. The first-order valence-corrected chi connectivity index (χ1v) is 10.0. The minimum Gasteiger partial charge on any atom is -0.298 e. The van der Waals surface area contributed by atoms with E-state index in [4.69, 9.17) is 0 Å². The summed E-state index contributed by atoms with van der Waals surface area (Å²) in [6.07, 6.45) is 3.35. The number of carbonyl (C=O) groups is 1. The number of sulfonamides is 1. The number of nitrogens with one attached hydrogen (secondary N) is 3. The molecule has 0 spiro atoms. The average Bonchev–Trinajstić information content (AvgIpc) is 3.49. The van der Waals surface area contributed by atoms with E-state index >= 15 is 0 Å². The summed E-state index contributed by atoms with van der Waals surface area (Å²) in [5.74, 6) is -0.376. The molecular weight excluding hydrogens is 364 g/mol. The van der Waals surface area contributed by atoms with Gasteiger partial charge in [0.1, 0.15) is 5.69 Å². The summed E-state index contributed by atoms with van der Waals surface area (Å²) in [6.45, 7) is 0. The van der Waals surface area contributed by atoms with Crippen molar-refractivity contribution in [3.63, 3.8) is 0 Å². The van der Waals surface area contributed by atoms with Crippen LogP contribution < -0.4 is 15.6 Å². The normalized spacial score (nSPS) is 14.1. The molecule has 0 unspecified atom stereocenters. The summed E-state index contributed by atoms with van der Waals surface area (Å²) in [5.41, 5.74) is 6.25. The molecule has 4 rings (SSSR count). The molecule has 0 radical (unpaired) electrons. The summed E-state index contributed by atoms with van der Waals surface area (Å²) >= 11 is 0. The molecule has 0 aliphatic heterocycles. The molecule has 3 aromatic rings. The smallest absolute Gasteiger partial charge is 0.288 e. The van der Waals surface area contributed by atoms with Crippen molar-refractivity contribution in [1.29, 1.82) is 0 Å². The van der Waals surface area contributed by atoms with E-state index in [1.54, 1.807) is 18.3 Å². The van der Waals surface area contributed by atoms with Crippen LogP contribution in [0.25, 0.3) is 10.8 Å². The van der Waals surface area contributed by atoms with Gasteiger partial charge in [-0.25, -0.2) is 13.1 Å². The second-order valence-corrected chi connectivity index (χ2v) is 8.09. The standard InChI is InChI=1S/C19H18N4O3S/c24-19(18-17-4-2-1-3-13(17)11-12-20-18)22-21-14-7-9-16(10-8-14)27(25,26)23-15-5-6-15/h1-4,7-12,15,21,23H,5-6H2,(H,22,24). The minimum absolute atomic E-state index is 0.0558. The molecular formula is C19H18N4O3S. The summed E-state index contributed by atoms with van der Waals surface area (Å²) in [7, 11) is -3.49. The Bertz CT molecular complexity index is 1090. The lowest BCUT2D eigenvalue weighted by Gasteiger charge is -2.11. The maximum absolute atomic E-state index is 12.4. The molecule has 1 aliphatic rings. The zero-order valence-corrected chi connectivity index (χ0v) is 15.2. The Hall–Kier alpha value is -2.97. The van der Waals surface area contributed by atoms with Gasteiger partial charge in [-0.3, -0.25) is 20.6 Å². The number of rotatable bonds is 6. The third kappa shape index (κ3) is 3.91. The van der Waals surface area contributed by atoms with Crippen LogP contribution in [0.1, 0.15) is 23.3 Å². The number of anilines is 1. The molecule has 0 atom stereocenters. The van der Waals surface area contributed by atoms with Crippen LogP contribution >= 0.6 is 0 Å². The highest BCUT2D eigenvalue weighted by Crippen LogP contribution is 2.22. The van der Waals surface area contributed by atoms with E-state index in [-0.39, 0.29) is 16.8 Å². The van der Waals surface area contributed by atoms with Gasteiger partial charge in [0.05, 0.1) is 10.6 Å². The molecule has 1 fully saturated rings. The SMILES string of the molecule is O=C(NNc1ccc(S(=O)(=O)NC2CC2)cc1)c1nccc2ccccc12. The first kappa shape index (κ1) is 17.4. The van der Waals surface area contributed by atoms with Gasteiger partial charge < -0.3 is 0 Å². The number of pyridine rings is 1. The molecule has 1 aromatic heterocycles. The van der Waals surface area contributed by atoms with Crippen LogP contribution in [0.3, 0.4) is 0 Å². The van der Waals surface area contributed by atoms with Crippen molar-refractivity contribution in [3.8, 4) is 0 Å². The maximum atomic E-state index is 12.4. The molecule has 2 aromatic carbocycles. The first-order chi connectivity index (χ1) is 13.0. The Labute approximate surface area is 156 Å². The van der Waals surface area contributed by atoms with E-state index in [0.29, 0.717) is 11.4 Å². The van der Waals surface area contributed by atoms with Crippen molar-refractivity contribution in [1.82, 2.24) is 15.1 Å². The van der Waals surface area contributed by atoms with Crippen molar-refractivity contribution in [2.45, 2.75) is 23.8 Å². The van der Waals surface area contributed by atoms with Gasteiger partial charge in [0.2, 0.25) is 10.0 Å². The lowest BCUT2D eigenvalue weighted by atomic mass is 10.1. The fourth-order valence-corrected chi connectivity index (χ4v) is 4.00. The van der Waals surface area contributed by atoms with Gasteiger partial charge >= 0.3 is 0 Å². The van der Waals surface area contributed by atoms with Gasteiger partial charge in [-0.15, -0.1) is 0 Å². The van der Waals surface area contributed by atoms with E-state index in [1.165, 1.54) is 12.1 Å². The van der Waals surface area contributed by atoms with Crippen molar-refractivity contribution < 1.29 is 13.2 Å². The quantitative estimate of drug-likeness (QED) is 0.569. The van der Waals surface area contributed by atoms with Crippen LogP contribution in [0.4, 0.5) is 5.69 Å². The Morgan fingerprint density at radius 1 is 1.00 bits per heavy atom. The van der Waals surface area contributed by atoms with Crippen LogP contribution in [0.5, 0.6) is 0 Å². The zero-order chi connectivity index (χ0) is 18.9. The second-order valence-electron chi connectivity index (χ2n) is 6.38. The molecule has 3 N–H and O–H groups in total. The third-order valence-corrected chi connectivity index (χ3v) is 5.81. The van der Waals surface area contributed by atoms with Gasteiger partial charge in [-0.2, -0.15) is 0 Å². The predicted molar refractivity (Wildman–Crippen MR) is 103 cm³/mol. The highest BCUT2D eigenvalue weighted by molar-refractivity contribution is 7.89. The molecule has 8 heteroatoms. The average molecular weight is 382 g/mol. The molecule has 0 bridgehead atoms. The monoisotopic (exact) mass is 382 g/mol. The molecule has 1 saturated carbocycles. The fourth-order valence-electron chi connectivity index (χ4n) is 2.69. The molecule has 138 valence electrons. The van der Waals surface area contributed by atoms with E-state index in [0.717, 1.165) is 23.6 Å². The van der Waals surface area contributed by atoms with Crippen molar-refractivity contribution in [2.75, 3.05) is 5.43 Å². The van der Waals surface area contributed by atoms with Gasteiger partial charge in [0.25, 0.3) is 5.91 Å². The first-order valence-electron chi connectivity index (χ1n) is 8.55. The number of nitrogens with zero attached hydrogens (tertiary/aromatic N) is 1. The summed E-state index contributed by atoms with van der Waals surface area (Å²) in [5, 5.41) is 1.68. The zero-order valence-electron chi connectivity index (χ0n) is 14.3. The Morgan fingerprint density at radius 2 is 1.74 bits per heavy atom. The van der Waals surface area contributed by atoms with Crippen LogP contribution in [0, 0.1) is 0 Å². The van der Waals surface area contributed by atoms with Gasteiger partial charge in [-0.05, 0) is 48.6 Å². The second kappa shape index (κ2) is 6.98. The lowest BCUT2D eigenvalue weighted by molar-refractivity contribution is 0.0959. The molecule has 1 heterocycles. The van der Waals surface area contributed by atoms with Gasteiger partial charge in [0.15, 0.2) is 0 Å². The predicted octanol–water partition coefficient (Wildman–Crippen LogP) is 2.43. The van der Waals surface area contributed by atoms with Crippen molar-refractivity contribution >= 4 is 32.4 Å². The number of carbonyl (C=O) groups excluding carboxylic acids is 1. The minimum atomic E-state index is -3.49. The van der Waals surface area contributed by atoms with Crippen LogP contribution in [0.2, 0.25) is 0 Å². The molecule has 27 heavy (non-hydrogen) atoms. The highest BCUT2D eigenvalue weighted by Gasteiger charge is 2.27. The van der Waals surface area contributed by atoms with Crippen LogP contribution in [-0.4, -0.2) is 25.4 Å². The molecule has 1 aliphatic carbocycles. The number of fused-ring (bicyclic) bond motifs is 1. The topological polar surface area (TPSA) is 100 Å². The molecule has 0 saturated heterocycles. The largest absolute Gasteiger partial charge is 0.298 e. The van der Waals surface area contributed by atoms with Crippen LogP contribution in [0.15, 0.2) is 65.7 Å². The fraction of sp³-hybridized carbons (Fsp3) is 0.158. The summed E-state index contributed by atoms with van der Waals surface area (Å²) in [6, 6.07) is 15.6. The van der Waals surface area contributed by atoms with E-state index in [2.05, 4.69) is 20.6 Å². The number of benzene rings is 2. The van der Waals surface area contributed by atoms with Gasteiger partial charge in [-0.1, -0.05) is 24.3 Å². The Balaban J connectivity index is 1.44. The summed E-state index contributed by atoms with van der Waals surface area (Å²) in [4.78, 5) is 16.8.